The molecule has 1 aromatic carbocycles. The average Bonchev–Trinajstić information content (AvgIpc) is 2.56. The van der Waals surface area contributed by atoms with E-state index in [1.165, 1.54) is 19.3 Å². The molecule has 1 aliphatic heterocycles. The molecule has 1 aromatic rings. The van der Waals surface area contributed by atoms with Crippen LogP contribution in [0.3, 0.4) is 0 Å². The van der Waals surface area contributed by atoms with Crippen molar-refractivity contribution < 1.29 is 14.6 Å². The molecule has 0 amide bonds. The van der Waals surface area contributed by atoms with Gasteiger partial charge in [-0.15, -0.1) is 6.58 Å². The van der Waals surface area contributed by atoms with Crippen LogP contribution in [0.2, 0.25) is 0 Å². The molecule has 0 unspecified atom stereocenters. The third kappa shape index (κ3) is 5.26. The second-order valence-electron chi connectivity index (χ2n) is 6.28. The molecule has 0 spiro atoms. The van der Waals surface area contributed by atoms with E-state index in [-0.39, 0.29) is 6.61 Å². The molecule has 1 fully saturated rings. The van der Waals surface area contributed by atoms with E-state index in [4.69, 9.17) is 9.47 Å². The SMILES string of the molecule is C=CCc1ccc(OC[C@H](O)CN2CCCC[C@@H]2C)c(OC)c1. The lowest BCUT2D eigenvalue weighted by Crippen LogP contribution is -2.43. The Labute approximate surface area is 139 Å². The second kappa shape index (κ2) is 8.94. The number of nitrogens with zero attached hydrogens (tertiary/aromatic N) is 1. The monoisotopic (exact) mass is 319 g/mol. The molecular formula is C19H29NO3. The quantitative estimate of drug-likeness (QED) is 0.748. The van der Waals surface area contributed by atoms with Gasteiger partial charge in [0, 0.05) is 12.6 Å². The van der Waals surface area contributed by atoms with Gasteiger partial charge in [-0.2, -0.15) is 0 Å². The molecule has 0 saturated carbocycles. The third-order valence-electron chi connectivity index (χ3n) is 4.43. The molecule has 4 nitrogen and oxygen atoms in total. The molecule has 1 aliphatic rings. The number of piperidine rings is 1. The molecule has 23 heavy (non-hydrogen) atoms. The molecule has 1 saturated heterocycles. The average molecular weight is 319 g/mol. The first kappa shape index (κ1) is 17.8. The zero-order valence-corrected chi connectivity index (χ0v) is 14.3. The molecule has 0 aromatic heterocycles. The van der Waals surface area contributed by atoms with Crippen molar-refractivity contribution in [1.29, 1.82) is 0 Å². The van der Waals surface area contributed by atoms with Crippen LogP contribution in [0.4, 0.5) is 0 Å². The summed E-state index contributed by atoms with van der Waals surface area (Å²) in [6.45, 7) is 7.99. The molecule has 2 rings (SSSR count). The van der Waals surface area contributed by atoms with Crippen molar-refractivity contribution >= 4 is 0 Å². The van der Waals surface area contributed by atoms with Crippen molar-refractivity contribution in [1.82, 2.24) is 4.90 Å². The number of hydrogen-bond donors (Lipinski definition) is 1. The van der Waals surface area contributed by atoms with Crippen LogP contribution < -0.4 is 9.47 Å². The second-order valence-corrected chi connectivity index (χ2v) is 6.28. The molecule has 4 heteroatoms. The van der Waals surface area contributed by atoms with Crippen LogP contribution in [0.25, 0.3) is 0 Å². The number of aliphatic hydroxyl groups excluding tert-OH is 1. The summed E-state index contributed by atoms with van der Waals surface area (Å²) in [6, 6.07) is 6.40. The van der Waals surface area contributed by atoms with Crippen LogP contribution >= 0.6 is 0 Å². The lowest BCUT2D eigenvalue weighted by molar-refractivity contribution is 0.0431. The molecular weight excluding hydrogens is 290 g/mol. The van der Waals surface area contributed by atoms with Crippen molar-refractivity contribution in [3.05, 3.63) is 36.4 Å². The number of aliphatic hydroxyl groups is 1. The number of β-amino-alcohol motifs (C(OH)–C–C–N with tert-alkyl or cyclic N) is 1. The van der Waals surface area contributed by atoms with Crippen molar-refractivity contribution in [3.63, 3.8) is 0 Å². The molecule has 128 valence electrons. The first-order chi connectivity index (χ1) is 11.1. The Hall–Kier alpha value is -1.52. The first-order valence-electron chi connectivity index (χ1n) is 8.46. The summed E-state index contributed by atoms with van der Waals surface area (Å²) < 4.78 is 11.2. The summed E-state index contributed by atoms with van der Waals surface area (Å²) in [7, 11) is 1.63. The highest BCUT2D eigenvalue weighted by Crippen LogP contribution is 2.28. The number of allylic oxidation sites excluding steroid dienone is 1. The maximum Gasteiger partial charge on any atom is 0.161 e. The fourth-order valence-electron chi connectivity index (χ4n) is 3.06. The van der Waals surface area contributed by atoms with E-state index in [1.54, 1.807) is 7.11 Å². The normalized spacial score (nSPS) is 20.0. The Morgan fingerprint density at radius 3 is 2.91 bits per heavy atom. The van der Waals surface area contributed by atoms with Gasteiger partial charge in [-0.05, 0) is 50.4 Å². The Balaban J connectivity index is 1.87. The van der Waals surface area contributed by atoms with Gasteiger partial charge < -0.3 is 14.6 Å². The minimum atomic E-state index is -0.492. The Kier molecular flexibility index (Phi) is 6.93. The highest BCUT2D eigenvalue weighted by molar-refractivity contribution is 5.43. The number of methoxy groups -OCH3 is 1. The number of ether oxygens (including phenoxy) is 2. The van der Waals surface area contributed by atoms with Gasteiger partial charge in [0.2, 0.25) is 0 Å². The van der Waals surface area contributed by atoms with E-state index in [2.05, 4.69) is 18.4 Å². The van der Waals surface area contributed by atoms with Crippen molar-refractivity contribution in [3.8, 4) is 11.5 Å². The largest absolute Gasteiger partial charge is 0.493 e. The summed E-state index contributed by atoms with van der Waals surface area (Å²) in [5.41, 5.74) is 1.13. The Morgan fingerprint density at radius 2 is 2.22 bits per heavy atom. The lowest BCUT2D eigenvalue weighted by atomic mass is 10.0. The summed E-state index contributed by atoms with van der Waals surface area (Å²) in [6.07, 6.45) is 5.89. The van der Waals surface area contributed by atoms with E-state index in [0.717, 1.165) is 18.5 Å². The predicted octanol–water partition coefficient (Wildman–Crippen LogP) is 3.04. The lowest BCUT2D eigenvalue weighted by Gasteiger charge is -2.34. The third-order valence-corrected chi connectivity index (χ3v) is 4.43. The van der Waals surface area contributed by atoms with Crippen LogP contribution in [0.1, 0.15) is 31.7 Å². The van der Waals surface area contributed by atoms with Gasteiger partial charge in [0.15, 0.2) is 11.5 Å². The van der Waals surface area contributed by atoms with Gasteiger partial charge in [0.1, 0.15) is 12.7 Å². The fourth-order valence-corrected chi connectivity index (χ4v) is 3.06. The zero-order chi connectivity index (χ0) is 16.7. The number of rotatable bonds is 8. The first-order valence-corrected chi connectivity index (χ1v) is 8.46. The predicted molar refractivity (Wildman–Crippen MR) is 93.3 cm³/mol. The summed E-state index contributed by atoms with van der Waals surface area (Å²) in [5.74, 6) is 1.37. The van der Waals surface area contributed by atoms with Gasteiger partial charge in [-0.25, -0.2) is 0 Å². The van der Waals surface area contributed by atoms with Crippen LogP contribution in [-0.2, 0) is 6.42 Å². The zero-order valence-electron chi connectivity index (χ0n) is 14.3. The van der Waals surface area contributed by atoms with Gasteiger partial charge >= 0.3 is 0 Å². The van der Waals surface area contributed by atoms with E-state index in [0.29, 0.717) is 24.1 Å². The Bertz CT molecular complexity index is 503. The van der Waals surface area contributed by atoms with E-state index < -0.39 is 6.10 Å². The minimum Gasteiger partial charge on any atom is -0.493 e. The molecule has 0 bridgehead atoms. The molecule has 1 heterocycles. The van der Waals surface area contributed by atoms with Crippen LogP contribution in [0.15, 0.2) is 30.9 Å². The van der Waals surface area contributed by atoms with Crippen molar-refractivity contribution in [2.45, 2.75) is 44.8 Å². The smallest absolute Gasteiger partial charge is 0.161 e. The highest BCUT2D eigenvalue weighted by Gasteiger charge is 2.21. The van der Waals surface area contributed by atoms with Crippen LogP contribution in [-0.4, -0.2) is 49.0 Å². The molecule has 0 radical (unpaired) electrons. The standard InChI is InChI=1S/C19H29NO3/c1-4-7-16-9-10-18(19(12-16)22-3)23-14-17(21)13-20-11-6-5-8-15(20)2/h4,9-10,12,15,17,21H,1,5-8,11,13-14H2,2-3H3/t15-,17+/m0/s1. The maximum atomic E-state index is 10.3. The fraction of sp³-hybridized carbons (Fsp3) is 0.579. The number of hydrogen-bond acceptors (Lipinski definition) is 4. The molecule has 2 atom stereocenters. The Morgan fingerprint density at radius 1 is 1.39 bits per heavy atom. The van der Waals surface area contributed by atoms with Gasteiger partial charge in [0.05, 0.1) is 7.11 Å². The number of benzene rings is 1. The van der Waals surface area contributed by atoms with Gasteiger partial charge in [-0.3, -0.25) is 4.90 Å². The molecule has 0 aliphatic carbocycles. The van der Waals surface area contributed by atoms with Gasteiger partial charge in [-0.1, -0.05) is 18.6 Å². The van der Waals surface area contributed by atoms with Crippen molar-refractivity contribution in [2.24, 2.45) is 0 Å². The van der Waals surface area contributed by atoms with Gasteiger partial charge in [0.25, 0.3) is 0 Å². The summed E-state index contributed by atoms with van der Waals surface area (Å²) in [4.78, 5) is 2.35. The highest BCUT2D eigenvalue weighted by atomic mass is 16.5. The van der Waals surface area contributed by atoms with E-state index in [1.807, 2.05) is 24.3 Å². The minimum absolute atomic E-state index is 0.278. The topological polar surface area (TPSA) is 41.9 Å². The van der Waals surface area contributed by atoms with Crippen molar-refractivity contribution in [2.75, 3.05) is 26.8 Å². The van der Waals surface area contributed by atoms with Crippen LogP contribution in [0.5, 0.6) is 11.5 Å². The maximum absolute atomic E-state index is 10.3. The summed E-state index contributed by atoms with van der Waals surface area (Å²) in [5, 5.41) is 10.3. The number of likely N-dealkylation sites (tertiary alicyclic amines) is 1. The van der Waals surface area contributed by atoms with E-state index >= 15 is 0 Å². The van der Waals surface area contributed by atoms with E-state index in [9.17, 15) is 5.11 Å². The summed E-state index contributed by atoms with van der Waals surface area (Å²) >= 11 is 0. The van der Waals surface area contributed by atoms with Crippen LogP contribution in [0, 0.1) is 0 Å². The molecule has 1 N–H and O–H groups in total.